The number of benzene rings is 1. The standard InChI is InChI=1S/C12H13BrFNO2/c13-9-10(14)7(12(5-15)2-1-3-12)4-8-11(9)17-6-16-8/h4H,1-3,5-6,15H2. The molecule has 1 aromatic rings. The highest BCUT2D eigenvalue weighted by Crippen LogP contribution is 2.50. The molecular weight excluding hydrogens is 289 g/mol. The van der Waals surface area contributed by atoms with Crippen molar-refractivity contribution >= 4 is 15.9 Å². The van der Waals surface area contributed by atoms with Crippen LogP contribution >= 0.6 is 15.9 Å². The fourth-order valence-corrected chi connectivity index (χ4v) is 3.08. The molecule has 3 nitrogen and oxygen atoms in total. The van der Waals surface area contributed by atoms with E-state index in [1.165, 1.54) is 0 Å². The molecule has 1 heterocycles. The van der Waals surface area contributed by atoms with Crippen LogP contribution < -0.4 is 15.2 Å². The molecule has 0 amide bonds. The van der Waals surface area contributed by atoms with Crippen molar-refractivity contribution in [3.05, 3.63) is 21.9 Å². The first kappa shape index (κ1) is 11.3. The minimum Gasteiger partial charge on any atom is -0.454 e. The monoisotopic (exact) mass is 301 g/mol. The van der Waals surface area contributed by atoms with Gasteiger partial charge < -0.3 is 15.2 Å². The predicted octanol–water partition coefficient (Wildman–Crippen LogP) is 2.70. The van der Waals surface area contributed by atoms with E-state index < -0.39 is 0 Å². The van der Waals surface area contributed by atoms with Crippen molar-refractivity contribution in [2.75, 3.05) is 13.3 Å². The lowest BCUT2D eigenvalue weighted by Gasteiger charge is -2.41. The molecule has 0 atom stereocenters. The number of hydrogen-bond acceptors (Lipinski definition) is 3. The molecule has 1 fully saturated rings. The predicted molar refractivity (Wildman–Crippen MR) is 64.8 cm³/mol. The van der Waals surface area contributed by atoms with Crippen molar-refractivity contribution in [1.29, 1.82) is 0 Å². The second-order valence-corrected chi connectivity index (χ2v) is 5.42. The maximum Gasteiger partial charge on any atom is 0.231 e. The van der Waals surface area contributed by atoms with Crippen LogP contribution in [0.4, 0.5) is 4.39 Å². The Morgan fingerprint density at radius 1 is 1.41 bits per heavy atom. The summed E-state index contributed by atoms with van der Waals surface area (Å²) >= 11 is 3.24. The molecule has 1 aliphatic heterocycles. The Hall–Kier alpha value is -0.810. The third-order valence-electron chi connectivity index (χ3n) is 3.82. The van der Waals surface area contributed by atoms with Crippen molar-refractivity contribution in [3.63, 3.8) is 0 Å². The molecule has 1 aliphatic carbocycles. The van der Waals surface area contributed by atoms with Gasteiger partial charge in [-0.15, -0.1) is 0 Å². The first-order valence-electron chi connectivity index (χ1n) is 5.66. The molecule has 17 heavy (non-hydrogen) atoms. The van der Waals surface area contributed by atoms with Gasteiger partial charge in [0.2, 0.25) is 6.79 Å². The summed E-state index contributed by atoms with van der Waals surface area (Å²) in [6.45, 7) is 0.614. The van der Waals surface area contributed by atoms with Gasteiger partial charge >= 0.3 is 0 Å². The Morgan fingerprint density at radius 3 is 2.76 bits per heavy atom. The van der Waals surface area contributed by atoms with Crippen LogP contribution in [-0.4, -0.2) is 13.3 Å². The van der Waals surface area contributed by atoms with Gasteiger partial charge in [-0.1, -0.05) is 6.42 Å². The number of nitrogens with two attached hydrogens (primary N) is 1. The van der Waals surface area contributed by atoms with Crippen molar-refractivity contribution in [2.24, 2.45) is 5.73 Å². The Morgan fingerprint density at radius 2 is 2.18 bits per heavy atom. The summed E-state index contributed by atoms with van der Waals surface area (Å²) in [6.07, 6.45) is 2.97. The zero-order valence-electron chi connectivity index (χ0n) is 9.26. The smallest absolute Gasteiger partial charge is 0.231 e. The van der Waals surface area contributed by atoms with Gasteiger partial charge in [-0.25, -0.2) is 4.39 Å². The maximum absolute atomic E-state index is 14.3. The Kier molecular flexibility index (Phi) is 2.56. The maximum atomic E-state index is 14.3. The molecular formula is C12H13BrFNO2. The Bertz CT molecular complexity index is 469. The SMILES string of the molecule is NCC1(c2cc3c(c(Br)c2F)OCO3)CCC1. The average Bonchev–Trinajstić information content (AvgIpc) is 2.72. The summed E-state index contributed by atoms with van der Waals surface area (Å²) in [6, 6.07) is 1.74. The van der Waals surface area contributed by atoms with Crippen LogP contribution in [0.1, 0.15) is 24.8 Å². The lowest BCUT2D eigenvalue weighted by Crippen LogP contribution is -2.42. The third-order valence-corrected chi connectivity index (χ3v) is 4.53. The van der Waals surface area contributed by atoms with Gasteiger partial charge in [0.15, 0.2) is 11.5 Å². The van der Waals surface area contributed by atoms with Gasteiger partial charge in [-0.2, -0.15) is 0 Å². The molecule has 5 heteroatoms. The van der Waals surface area contributed by atoms with Crippen molar-refractivity contribution in [3.8, 4) is 11.5 Å². The fraction of sp³-hybridized carbons (Fsp3) is 0.500. The molecule has 2 aliphatic rings. The van der Waals surface area contributed by atoms with E-state index in [-0.39, 0.29) is 18.0 Å². The van der Waals surface area contributed by atoms with Gasteiger partial charge in [-0.3, -0.25) is 0 Å². The lowest BCUT2D eigenvalue weighted by atomic mass is 9.64. The van der Waals surface area contributed by atoms with Gasteiger partial charge in [0.25, 0.3) is 0 Å². The highest BCUT2D eigenvalue weighted by Gasteiger charge is 2.41. The molecule has 0 aromatic heterocycles. The molecule has 3 rings (SSSR count). The summed E-state index contributed by atoms with van der Waals surface area (Å²) in [7, 11) is 0. The zero-order chi connectivity index (χ0) is 12.0. The second-order valence-electron chi connectivity index (χ2n) is 4.62. The van der Waals surface area contributed by atoms with Crippen molar-refractivity contribution in [1.82, 2.24) is 0 Å². The molecule has 0 spiro atoms. The van der Waals surface area contributed by atoms with Gasteiger partial charge in [0, 0.05) is 17.5 Å². The van der Waals surface area contributed by atoms with E-state index >= 15 is 0 Å². The summed E-state index contributed by atoms with van der Waals surface area (Å²) in [5.74, 6) is 0.796. The number of ether oxygens (including phenoxy) is 2. The normalized spacial score (nSPS) is 20.2. The number of halogens is 2. The van der Waals surface area contributed by atoms with Gasteiger partial charge in [0.1, 0.15) is 5.82 Å². The van der Waals surface area contributed by atoms with Crippen molar-refractivity contribution in [2.45, 2.75) is 24.7 Å². The summed E-state index contributed by atoms with van der Waals surface area (Å²) in [4.78, 5) is 0. The minimum absolute atomic E-state index is 0.145. The molecule has 92 valence electrons. The highest BCUT2D eigenvalue weighted by molar-refractivity contribution is 9.10. The number of hydrogen-bond donors (Lipinski definition) is 1. The average molecular weight is 302 g/mol. The highest BCUT2D eigenvalue weighted by atomic mass is 79.9. The van der Waals surface area contributed by atoms with Crippen LogP contribution in [0.5, 0.6) is 11.5 Å². The molecule has 0 bridgehead atoms. The largest absolute Gasteiger partial charge is 0.454 e. The first-order chi connectivity index (χ1) is 8.18. The van der Waals surface area contributed by atoms with Crippen LogP contribution in [0, 0.1) is 5.82 Å². The van der Waals surface area contributed by atoms with Crippen molar-refractivity contribution < 1.29 is 13.9 Å². The van der Waals surface area contributed by atoms with E-state index in [0.29, 0.717) is 28.1 Å². The van der Waals surface area contributed by atoms with E-state index in [1.54, 1.807) is 6.07 Å². The van der Waals surface area contributed by atoms with Gasteiger partial charge in [-0.05, 0) is 34.8 Å². The summed E-state index contributed by atoms with van der Waals surface area (Å²) in [5, 5.41) is 0. The molecule has 0 saturated heterocycles. The second kappa shape index (κ2) is 3.85. The van der Waals surface area contributed by atoms with Crippen LogP contribution in [0.3, 0.4) is 0 Å². The topological polar surface area (TPSA) is 44.5 Å². The van der Waals surface area contributed by atoms with E-state index in [4.69, 9.17) is 15.2 Å². The van der Waals surface area contributed by atoms with E-state index in [9.17, 15) is 4.39 Å². The van der Waals surface area contributed by atoms with Crippen LogP contribution in [0.25, 0.3) is 0 Å². The van der Waals surface area contributed by atoms with Crippen LogP contribution in [-0.2, 0) is 5.41 Å². The molecule has 0 radical (unpaired) electrons. The molecule has 0 unspecified atom stereocenters. The van der Waals surface area contributed by atoms with Crippen LogP contribution in [0.2, 0.25) is 0 Å². The molecule has 1 aromatic carbocycles. The number of rotatable bonds is 2. The summed E-state index contributed by atoms with van der Waals surface area (Å²) < 4.78 is 25.2. The third kappa shape index (κ3) is 1.48. The number of fused-ring (bicyclic) bond motifs is 1. The molecule has 1 saturated carbocycles. The Labute approximate surface area is 107 Å². The van der Waals surface area contributed by atoms with E-state index in [0.717, 1.165) is 19.3 Å². The van der Waals surface area contributed by atoms with E-state index in [2.05, 4.69) is 15.9 Å². The first-order valence-corrected chi connectivity index (χ1v) is 6.45. The quantitative estimate of drug-likeness (QED) is 0.913. The summed E-state index contributed by atoms with van der Waals surface area (Å²) in [5.41, 5.74) is 6.25. The molecule has 2 N–H and O–H groups in total. The van der Waals surface area contributed by atoms with Gasteiger partial charge in [0.05, 0.1) is 4.47 Å². The van der Waals surface area contributed by atoms with E-state index in [1.807, 2.05) is 0 Å². The van der Waals surface area contributed by atoms with Crippen LogP contribution in [0.15, 0.2) is 10.5 Å². The minimum atomic E-state index is -0.264. The zero-order valence-corrected chi connectivity index (χ0v) is 10.8. The lowest BCUT2D eigenvalue weighted by molar-refractivity contribution is 0.173. The Balaban J connectivity index is 2.14. The fourth-order valence-electron chi connectivity index (χ4n) is 2.55.